The Balaban J connectivity index is 1.00. The Kier molecular flexibility index (Phi) is 19.4. The zero-order chi connectivity index (χ0) is 41.7. The van der Waals surface area contributed by atoms with E-state index in [1.54, 1.807) is 0 Å². The Morgan fingerprint density at radius 3 is 2.03 bits per heavy atom. The number of carbonyl (C=O) groups is 1. The van der Waals surface area contributed by atoms with Crippen molar-refractivity contribution in [3.63, 3.8) is 0 Å². The summed E-state index contributed by atoms with van der Waals surface area (Å²) in [6.07, 6.45) is 29.1. The van der Waals surface area contributed by atoms with Crippen molar-refractivity contribution in [1.82, 2.24) is 0 Å². The molecule has 3 N–H and O–H groups in total. The monoisotopic (exact) mass is 815 g/mol. The molecule has 7 nitrogen and oxygen atoms in total. The van der Waals surface area contributed by atoms with Crippen LogP contribution in [0.2, 0.25) is 0 Å². The van der Waals surface area contributed by atoms with Crippen LogP contribution in [0.1, 0.15) is 215 Å². The van der Waals surface area contributed by atoms with Gasteiger partial charge in [-0.25, -0.2) is 0 Å². The first-order valence-corrected chi connectivity index (χ1v) is 25.1. The first kappa shape index (κ1) is 48.0. The third kappa shape index (κ3) is 12.6. The van der Waals surface area contributed by atoms with Gasteiger partial charge < -0.3 is 29.5 Å². The summed E-state index contributed by atoms with van der Waals surface area (Å²) in [5.74, 6) is 4.45. The molecule has 1 saturated heterocycles. The van der Waals surface area contributed by atoms with Crippen LogP contribution in [0, 0.1) is 46.3 Å². The highest BCUT2D eigenvalue weighted by molar-refractivity contribution is 5.69. The zero-order valence-electron chi connectivity index (χ0n) is 38.3. The highest BCUT2D eigenvalue weighted by Gasteiger charge is 2.59. The number of hydrogen-bond acceptors (Lipinski definition) is 7. The van der Waals surface area contributed by atoms with Gasteiger partial charge in [0.1, 0.15) is 31.0 Å². The number of aliphatic hydroxyl groups is 3. The molecule has 0 amide bonds. The lowest BCUT2D eigenvalue weighted by Gasteiger charge is -2.58. The van der Waals surface area contributed by atoms with Crippen LogP contribution in [0.5, 0.6) is 0 Å². The van der Waals surface area contributed by atoms with Crippen molar-refractivity contribution in [2.24, 2.45) is 46.3 Å². The van der Waals surface area contributed by atoms with Gasteiger partial charge in [0.15, 0.2) is 6.29 Å². The average Bonchev–Trinajstić information content (AvgIpc) is 3.56. The summed E-state index contributed by atoms with van der Waals surface area (Å²) in [4.78, 5) is 12.6. The van der Waals surface area contributed by atoms with E-state index in [0.717, 1.165) is 74.5 Å². The standard InChI is InChI=1S/C51H90O7/c1-7-8-9-10-11-12-13-14-15-16-17-18-19-20-21-25-45(52)56-35-44-46(53)47(54)48(55)49(58-44)57-39-30-32-50(5)38(34-39)26-27-40-42-29-28-41(37(4)24-22-23-36(2)3)51(42,6)33-31-43(40)50/h26,36-37,39-44,46-49,53-55H,7-25,27-35H2,1-6H3/t37-,39+,40+,41-,42+,43+,44-,46-,47+,48-,49-,50+,51-/m1/s1. The minimum absolute atomic E-state index is 0.136. The SMILES string of the molecule is CCCCCCCCCCCCCCCCCC(=O)OC[C@H]1O[C@@H](O[C@H]2CC[C@@]3(C)C(=CC[C@H]4[C@@H]5CC[C@H]([C@H](C)CCCC(C)C)[C@@]5(C)CC[C@@H]43)C2)[C@H](O)[C@@H](O)[C@@H]1O. The number of hydrogen-bond donors (Lipinski definition) is 3. The second-order valence-electron chi connectivity index (χ2n) is 21.2. The number of ether oxygens (including phenoxy) is 3. The van der Waals surface area contributed by atoms with Gasteiger partial charge in [-0.2, -0.15) is 0 Å². The number of aliphatic hydroxyl groups excluding tert-OH is 3. The van der Waals surface area contributed by atoms with Gasteiger partial charge in [0.05, 0.1) is 6.10 Å². The van der Waals surface area contributed by atoms with Gasteiger partial charge in [-0.3, -0.25) is 4.79 Å². The van der Waals surface area contributed by atoms with Gasteiger partial charge in [-0.15, -0.1) is 0 Å². The summed E-state index contributed by atoms with van der Waals surface area (Å²) in [5, 5.41) is 32.5. The molecule has 0 unspecified atom stereocenters. The molecular formula is C51H90O7. The van der Waals surface area contributed by atoms with Gasteiger partial charge in [0.2, 0.25) is 0 Å². The van der Waals surface area contributed by atoms with E-state index >= 15 is 0 Å². The Labute approximate surface area is 355 Å². The molecule has 5 rings (SSSR count). The molecule has 4 aliphatic carbocycles. The van der Waals surface area contributed by atoms with E-state index < -0.39 is 30.7 Å². The van der Waals surface area contributed by atoms with Crippen molar-refractivity contribution in [2.45, 2.75) is 252 Å². The summed E-state index contributed by atoms with van der Waals surface area (Å²) in [5.41, 5.74) is 2.15. The van der Waals surface area contributed by atoms with Crippen LogP contribution in [0.4, 0.5) is 0 Å². The van der Waals surface area contributed by atoms with Crippen molar-refractivity contribution in [3.05, 3.63) is 11.6 Å². The molecule has 3 saturated carbocycles. The molecule has 0 spiro atoms. The minimum atomic E-state index is -1.44. The molecule has 13 atom stereocenters. The van der Waals surface area contributed by atoms with Crippen molar-refractivity contribution < 1.29 is 34.3 Å². The Morgan fingerprint density at radius 2 is 1.40 bits per heavy atom. The van der Waals surface area contributed by atoms with Crippen molar-refractivity contribution in [2.75, 3.05) is 6.61 Å². The third-order valence-corrected chi connectivity index (χ3v) is 16.6. The fourth-order valence-corrected chi connectivity index (χ4v) is 13.0. The first-order chi connectivity index (χ1) is 27.9. The quantitative estimate of drug-likeness (QED) is 0.0479. The van der Waals surface area contributed by atoms with E-state index in [0.29, 0.717) is 17.8 Å². The van der Waals surface area contributed by atoms with Crippen molar-refractivity contribution in [3.8, 4) is 0 Å². The molecule has 1 heterocycles. The van der Waals surface area contributed by atoms with Crippen LogP contribution >= 0.6 is 0 Å². The zero-order valence-corrected chi connectivity index (χ0v) is 38.3. The van der Waals surface area contributed by atoms with Gasteiger partial charge >= 0.3 is 5.97 Å². The summed E-state index contributed by atoms with van der Waals surface area (Å²) < 4.78 is 18.0. The molecule has 4 fully saturated rings. The van der Waals surface area contributed by atoms with Gasteiger partial charge in [-0.05, 0) is 104 Å². The fourth-order valence-electron chi connectivity index (χ4n) is 13.0. The predicted octanol–water partition coefficient (Wildman–Crippen LogP) is 12.0. The summed E-state index contributed by atoms with van der Waals surface area (Å²) in [6.45, 7) is 14.5. The Hall–Kier alpha value is -0.990. The molecule has 0 aromatic carbocycles. The van der Waals surface area contributed by atoms with E-state index in [2.05, 4.69) is 47.6 Å². The number of allylic oxidation sites excluding steroid dienone is 1. The molecule has 5 aliphatic rings. The Morgan fingerprint density at radius 1 is 0.759 bits per heavy atom. The lowest BCUT2D eigenvalue weighted by Crippen LogP contribution is -2.60. The molecule has 0 aromatic heterocycles. The van der Waals surface area contributed by atoms with E-state index in [1.807, 2.05) is 0 Å². The first-order valence-electron chi connectivity index (χ1n) is 25.1. The number of fused-ring (bicyclic) bond motifs is 5. The lowest BCUT2D eigenvalue weighted by molar-refractivity contribution is -0.313. The molecule has 0 radical (unpaired) electrons. The van der Waals surface area contributed by atoms with Crippen LogP contribution < -0.4 is 0 Å². The number of rotatable bonds is 25. The highest BCUT2D eigenvalue weighted by atomic mass is 16.7. The van der Waals surface area contributed by atoms with Crippen molar-refractivity contribution >= 4 is 5.97 Å². The van der Waals surface area contributed by atoms with Crippen LogP contribution in [-0.4, -0.2) is 64.7 Å². The third-order valence-electron chi connectivity index (χ3n) is 16.6. The van der Waals surface area contributed by atoms with Crippen LogP contribution in [0.15, 0.2) is 11.6 Å². The van der Waals surface area contributed by atoms with Gasteiger partial charge in [0, 0.05) is 6.42 Å². The van der Waals surface area contributed by atoms with Crippen LogP contribution in [0.25, 0.3) is 0 Å². The Bertz CT molecular complexity index is 1240. The summed E-state index contributed by atoms with van der Waals surface area (Å²) in [7, 11) is 0. The van der Waals surface area contributed by atoms with E-state index in [4.69, 9.17) is 14.2 Å². The van der Waals surface area contributed by atoms with Gasteiger partial charge in [-0.1, -0.05) is 162 Å². The second-order valence-corrected chi connectivity index (χ2v) is 21.2. The topological polar surface area (TPSA) is 105 Å². The van der Waals surface area contributed by atoms with E-state index in [1.165, 1.54) is 128 Å². The molecule has 0 aromatic rings. The van der Waals surface area contributed by atoms with E-state index in [9.17, 15) is 20.1 Å². The maximum absolute atomic E-state index is 12.6. The minimum Gasteiger partial charge on any atom is -0.463 e. The molecule has 336 valence electrons. The van der Waals surface area contributed by atoms with E-state index in [-0.39, 0.29) is 24.1 Å². The molecular weight excluding hydrogens is 725 g/mol. The molecule has 7 heteroatoms. The average molecular weight is 815 g/mol. The number of unbranched alkanes of at least 4 members (excludes halogenated alkanes) is 14. The smallest absolute Gasteiger partial charge is 0.305 e. The fraction of sp³-hybridized carbons (Fsp3) is 0.941. The summed E-state index contributed by atoms with van der Waals surface area (Å²) in [6, 6.07) is 0. The number of carbonyl (C=O) groups excluding carboxylic acids is 1. The van der Waals surface area contributed by atoms with Crippen LogP contribution in [0.3, 0.4) is 0 Å². The van der Waals surface area contributed by atoms with Crippen LogP contribution in [-0.2, 0) is 19.0 Å². The normalized spacial score (nSPS) is 36.6. The predicted molar refractivity (Wildman–Crippen MR) is 235 cm³/mol. The van der Waals surface area contributed by atoms with Gasteiger partial charge in [0.25, 0.3) is 0 Å². The lowest BCUT2D eigenvalue weighted by atomic mass is 9.47. The largest absolute Gasteiger partial charge is 0.463 e. The molecule has 1 aliphatic heterocycles. The maximum Gasteiger partial charge on any atom is 0.305 e. The molecule has 0 bridgehead atoms. The highest BCUT2D eigenvalue weighted by Crippen LogP contribution is 2.67. The van der Waals surface area contributed by atoms with Crippen molar-refractivity contribution in [1.29, 1.82) is 0 Å². The maximum atomic E-state index is 12.6. The summed E-state index contributed by atoms with van der Waals surface area (Å²) >= 11 is 0. The second kappa shape index (κ2) is 23.5. The molecule has 58 heavy (non-hydrogen) atoms. The number of esters is 1.